The molecular weight excluding hydrogens is 240 g/mol. The molecule has 5 nitrogen and oxygen atoms in total. The standard InChI is InChI=1S/C11H16N2O3S/c1-13(8-9-3-2-4-9)17(15,16)11-7-12-6-5-10(11)14/h5-7,9H,2-4,8H2,1H3,(H,12,14). The molecule has 2 rings (SSSR count). The van der Waals surface area contributed by atoms with E-state index in [2.05, 4.69) is 4.98 Å². The van der Waals surface area contributed by atoms with Crippen LogP contribution in [-0.2, 0) is 10.0 Å². The molecule has 94 valence electrons. The third kappa shape index (κ3) is 2.42. The fourth-order valence-electron chi connectivity index (χ4n) is 1.91. The van der Waals surface area contributed by atoms with E-state index in [0.717, 1.165) is 12.8 Å². The predicted molar refractivity (Wildman–Crippen MR) is 64.2 cm³/mol. The van der Waals surface area contributed by atoms with Crippen molar-refractivity contribution in [3.63, 3.8) is 0 Å². The molecule has 17 heavy (non-hydrogen) atoms. The normalized spacial score (nSPS) is 17.1. The molecule has 0 bridgehead atoms. The zero-order valence-electron chi connectivity index (χ0n) is 9.72. The molecule has 6 heteroatoms. The number of aromatic nitrogens is 1. The number of hydrogen-bond acceptors (Lipinski definition) is 3. The largest absolute Gasteiger partial charge is 0.366 e. The van der Waals surface area contributed by atoms with E-state index >= 15 is 0 Å². The maximum atomic E-state index is 12.1. The number of hydrogen-bond donors (Lipinski definition) is 1. The maximum absolute atomic E-state index is 12.1. The lowest BCUT2D eigenvalue weighted by Gasteiger charge is -2.29. The van der Waals surface area contributed by atoms with Crippen LogP contribution in [0.4, 0.5) is 0 Å². The molecule has 1 aromatic rings. The van der Waals surface area contributed by atoms with Crippen molar-refractivity contribution in [2.24, 2.45) is 5.92 Å². The van der Waals surface area contributed by atoms with Gasteiger partial charge in [0.1, 0.15) is 4.90 Å². The topological polar surface area (TPSA) is 70.2 Å². The highest BCUT2D eigenvalue weighted by molar-refractivity contribution is 7.89. The summed E-state index contributed by atoms with van der Waals surface area (Å²) < 4.78 is 25.5. The van der Waals surface area contributed by atoms with E-state index in [1.807, 2.05) is 0 Å². The Kier molecular flexibility index (Phi) is 3.35. The van der Waals surface area contributed by atoms with Crippen molar-refractivity contribution in [2.45, 2.75) is 24.2 Å². The summed E-state index contributed by atoms with van der Waals surface area (Å²) in [6, 6.07) is 1.23. The van der Waals surface area contributed by atoms with Crippen LogP contribution in [-0.4, -0.2) is 31.3 Å². The average molecular weight is 256 g/mol. The molecule has 1 aromatic heterocycles. The fourth-order valence-corrected chi connectivity index (χ4v) is 3.19. The second-order valence-corrected chi connectivity index (χ2v) is 6.47. The Labute approximate surface area is 101 Å². The van der Waals surface area contributed by atoms with Crippen LogP contribution in [0, 0.1) is 5.92 Å². The van der Waals surface area contributed by atoms with Crippen LogP contribution >= 0.6 is 0 Å². The Morgan fingerprint density at radius 2 is 2.18 bits per heavy atom. The Morgan fingerprint density at radius 3 is 2.71 bits per heavy atom. The molecule has 0 spiro atoms. The number of rotatable bonds is 4. The minimum Gasteiger partial charge on any atom is -0.366 e. The number of nitrogens with zero attached hydrogens (tertiary/aromatic N) is 1. The first-order valence-electron chi connectivity index (χ1n) is 5.65. The summed E-state index contributed by atoms with van der Waals surface area (Å²) in [5.74, 6) is 0.442. The third-order valence-corrected chi connectivity index (χ3v) is 5.06. The lowest BCUT2D eigenvalue weighted by Crippen LogP contribution is -2.36. The highest BCUT2D eigenvalue weighted by atomic mass is 32.2. The Bertz CT molecular complexity index is 546. The molecule has 1 N–H and O–H groups in total. The molecule has 1 heterocycles. The second-order valence-electron chi connectivity index (χ2n) is 4.46. The SMILES string of the molecule is CN(CC1CCC1)S(=O)(=O)c1c[nH]ccc1=O. The van der Waals surface area contributed by atoms with Gasteiger partial charge >= 0.3 is 0 Å². The van der Waals surface area contributed by atoms with Crippen molar-refractivity contribution >= 4 is 10.0 Å². The zero-order valence-corrected chi connectivity index (χ0v) is 10.5. The van der Waals surface area contributed by atoms with Crippen molar-refractivity contribution in [2.75, 3.05) is 13.6 Å². The van der Waals surface area contributed by atoms with E-state index in [9.17, 15) is 13.2 Å². The number of H-pyrrole nitrogens is 1. The second kappa shape index (κ2) is 4.62. The molecule has 1 fully saturated rings. The maximum Gasteiger partial charge on any atom is 0.248 e. The number of aromatic amines is 1. The Hall–Kier alpha value is -1.14. The number of sulfonamides is 1. The molecule has 0 amide bonds. The summed E-state index contributed by atoms with van der Waals surface area (Å²) >= 11 is 0. The van der Waals surface area contributed by atoms with Gasteiger partial charge in [-0.3, -0.25) is 4.79 Å². The van der Waals surface area contributed by atoms with E-state index in [0.29, 0.717) is 12.5 Å². The summed E-state index contributed by atoms with van der Waals surface area (Å²) in [4.78, 5) is 14.0. The van der Waals surface area contributed by atoms with Crippen LogP contribution in [0.15, 0.2) is 28.2 Å². The Balaban J connectivity index is 2.23. The van der Waals surface area contributed by atoms with Gasteiger partial charge < -0.3 is 4.98 Å². The molecule has 0 atom stereocenters. The minimum atomic E-state index is -3.65. The highest BCUT2D eigenvalue weighted by Gasteiger charge is 2.28. The van der Waals surface area contributed by atoms with E-state index < -0.39 is 15.5 Å². The van der Waals surface area contributed by atoms with Crippen LogP contribution in [0.2, 0.25) is 0 Å². The van der Waals surface area contributed by atoms with Crippen molar-refractivity contribution in [3.8, 4) is 0 Å². The lowest BCUT2D eigenvalue weighted by molar-refractivity contribution is 0.263. The first kappa shape index (κ1) is 12.3. The van der Waals surface area contributed by atoms with Gasteiger partial charge in [-0.15, -0.1) is 0 Å². The average Bonchev–Trinajstić information content (AvgIpc) is 2.23. The molecule has 0 aliphatic heterocycles. The van der Waals surface area contributed by atoms with Gasteiger partial charge in [0.2, 0.25) is 15.5 Å². The smallest absolute Gasteiger partial charge is 0.248 e. The van der Waals surface area contributed by atoms with Crippen molar-refractivity contribution in [3.05, 3.63) is 28.7 Å². The first-order valence-corrected chi connectivity index (χ1v) is 7.09. The molecule has 0 aromatic carbocycles. The first-order chi connectivity index (χ1) is 8.01. The van der Waals surface area contributed by atoms with Crippen molar-refractivity contribution < 1.29 is 8.42 Å². The predicted octanol–water partition coefficient (Wildman–Crippen LogP) is 0.796. The lowest BCUT2D eigenvalue weighted by atomic mass is 9.86. The van der Waals surface area contributed by atoms with Crippen LogP contribution < -0.4 is 5.43 Å². The van der Waals surface area contributed by atoms with Gasteiger partial charge in [0.05, 0.1) is 0 Å². The van der Waals surface area contributed by atoms with Gasteiger partial charge in [0.25, 0.3) is 0 Å². The van der Waals surface area contributed by atoms with E-state index in [4.69, 9.17) is 0 Å². The molecule has 0 saturated heterocycles. The molecule has 0 unspecified atom stereocenters. The molecule has 0 radical (unpaired) electrons. The Morgan fingerprint density at radius 1 is 1.47 bits per heavy atom. The van der Waals surface area contributed by atoms with Crippen LogP contribution in [0.1, 0.15) is 19.3 Å². The zero-order chi connectivity index (χ0) is 12.5. The molecule has 1 saturated carbocycles. The number of pyridine rings is 1. The van der Waals surface area contributed by atoms with Gasteiger partial charge in [-0.25, -0.2) is 12.7 Å². The van der Waals surface area contributed by atoms with Gasteiger partial charge in [-0.05, 0) is 18.8 Å². The van der Waals surface area contributed by atoms with Crippen molar-refractivity contribution in [1.29, 1.82) is 0 Å². The number of nitrogens with one attached hydrogen (secondary N) is 1. The monoisotopic (exact) mass is 256 g/mol. The van der Waals surface area contributed by atoms with Gasteiger partial charge in [-0.2, -0.15) is 0 Å². The summed E-state index contributed by atoms with van der Waals surface area (Å²) in [5, 5.41) is 0. The van der Waals surface area contributed by atoms with Crippen molar-refractivity contribution in [1.82, 2.24) is 9.29 Å². The fraction of sp³-hybridized carbons (Fsp3) is 0.545. The molecule has 1 aliphatic carbocycles. The summed E-state index contributed by atoms with van der Waals surface area (Å²) in [5.41, 5.74) is -0.468. The van der Waals surface area contributed by atoms with E-state index in [1.165, 1.54) is 36.2 Å². The van der Waals surface area contributed by atoms with Gasteiger partial charge in [0.15, 0.2) is 0 Å². The van der Waals surface area contributed by atoms with Crippen LogP contribution in [0.5, 0.6) is 0 Å². The minimum absolute atomic E-state index is 0.179. The highest BCUT2D eigenvalue weighted by Crippen LogP contribution is 2.27. The summed E-state index contributed by atoms with van der Waals surface area (Å²) in [6.07, 6.45) is 5.99. The quantitative estimate of drug-likeness (QED) is 0.866. The van der Waals surface area contributed by atoms with E-state index in [-0.39, 0.29) is 4.90 Å². The molecule has 1 aliphatic rings. The summed E-state index contributed by atoms with van der Waals surface area (Å²) in [7, 11) is -2.12. The van der Waals surface area contributed by atoms with Gasteiger partial charge in [0, 0.05) is 32.1 Å². The van der Waals surface area contributed by atoms with Crippen LogP contribution in [0.25, 0.3) is 0 Å². The molecular formula is C11H16N2O3S. The van der Waals surface area contributed by atoms with E-state index in [1.54, 1.807) is 0 Å². The van der Waals surface area contributed by atoms with Gasteiger partial charge in [-0.1, -0.05) is 6.42 Å². The van der Waals surface area contributed by atoms with Crippen LogP contribution in [0.3, 0.4) is 0 Å². The summed E-state index contributed by atoms with van der Waals surface area (Å²) in [6.45, 7) is 0.497. The third-order valence-electron chi connectivity index (χ3n) is 3.22.